The zero-order valence-electron chi connectivity index (χ0n) is 8.25. The lowest BCUT2D eigenvalue weighted by Crippen LogP contribution is -2.41. The van der Waals surface area contributed by atoms with Crippen molar-refractivity contribution in [3.8, 4) is 0 Å². The highest BCUT2D eigenvalue weighted by Gasteiger charge is 2.38. The van der Waals surface area contributed by atoms with Gasteiger partial charge in [0.25, 0.3) is 0 Å². The quantitative estimate of drug-likeness (QED) is 0.585. The Morgan fingerprint density at radius 2 is 1.67 bits per heavy atom. The summed E-state index contributed by atoms with van der Waals surface area (Å²) >= 11 is 0. The van der Waals surface area contributed by atoms with Gasteiger partial charge in [0.15, 0.2) is 0 Å². The summed E-state index contributed by atoms with van der Waals surface area (Å²) in [5.74, 6) is 3.60. The topological polar surface area (TPSA) is 9.23 Å². The predicted octanol–water partition coefficient (Wildman–Crippen LogP) is 2.71. The molecule has 1 nitrogen and oxygen atoms in total. The molecule has 0 spiro atoms. The Labute approximate surface area is 75.5 Å². The summed E-state index contributed by atoms with van der Waals surface area (Å²) in [7, 11) is 0. The fourth-order valence-corrected chi connectivity index (χ4v) is 3.26. The van der Waals surface area contributed by atoms with Gasteiger partial charge in [-0.2, -0.15) is 0 Å². The monoisotopic (exact) mass is 168 g/mol. The summed E-state index contributed by atoms with van der Waals surface area (Å²) in [4.78, 5) is 0. The van der Waals surface area contributed by atoms with Crippen molar-refractivity contribution in [1.82, 2.24) is 0 Å². The third-order valence-corrected chi connectivity index (χ3v) is 3.67. The van der Waals surface area contributed by atoms with Crippen molar-refractivity contribution >= 4 is 0 Å². The van der Waals surface area contributed by atoms with Crippen LogP contribution < -0.4 is 0 Å². The highest BCUT2D eigenvalue weighted by atomic mass is 16.5. The summed E-state index contributed by atoms with van der Waals surface area (Å²) in [6.07, 6.45) is 4.28. The van der Waals surface area contributed by atoms with Crippen LogP contribution in [0.4, 0.5) is 0 Å². The SMILES string of the molecule is CC(C)C1C2CCCC1COC2. The summed E-state index contributed by atoms with van der Waals surface area (Å²) in [5, 5.41) is 0. The van der Waals surface area contributed by atoms with Crippen LogP contribution in [0.25, 0.3) is 0 Å². The van der Waals surface area contributed by atoms with Crippen molar-refractivity contribution in [2.24, 2.45) is 23.7 Å². The Balaban J connectivity index is 2.08. The number of rotatable bonds is 1. The minimum atomic E-state index is 0.865. The van der Waals surface area contributed by atoms with E-state index in [-0.39, 0.29) is 0 Å². The molecular weight excluding hydrogens is 148 g/mol. The van der Waals surface area contributed by atoms with Crippen molar-refractivity contribution in [3.63, 3.8) is 0 Å². The number of hydrogen-bond acceptors (Lipinski definition) is 1. The number of hydrogen-bond donors (Lipinski definition) is 0. The molecule has 2 bridgehead atoms. The average Bonchev–Trinajstić information content (AvgIpc) is 2.02. The van der Waals surface area contributed by atoms with Gasteiger partial charge < -0.3 is 4.74 Å². The molecule has 1 aliphatic heterocycles. The smallest absolute Gasteiger partial charge is 0.0497 e. The fourth-order valence-electron chi connectivity index (χ4n) is 3.26. The van der Waals surface area contributed by atoms with E-state index in [0.717, 1.165) is 36.9 Å². The number of fused-ring (bicyclic) bond motifs is 2. The summed E-state index contributed by atoms with van der Waals surface area (Å²) in [5.41, 5.74) is 0. The van der Waals surface area contributed by atoms with E-state index in [1.165, 1.54) is 19.3 Å². The Kier molecular flexibility index (Phi) is 2.40. The van der Waals surface area contributed by atoms with E-state index < -0.39 is 0 Å². The fraction of sp³-hybridized carbons (Fsp3) is 1.00. The van der Waals surface area contributed by atoms with Gasteiger partial charge in [-0.3, -0.25) is 0 Å². The maximum absolute atomic E-state index is 5.62. The minimum Gasteiger partial charge on any atom is -0.381 e. The standard InChI is InChI=1S/C11H20O/c1-8(2)11-9-4-3-5-10(11)7-12-6-9/h8-11H,3-7H2,1-2H3. The third kappa shape index (κ3) is 1.39. The molecule has 0 radical (unpaired) electrons. The van der Waals surface area contributed by atoms with Gasteiger partial charge in [0.1, 0.15) is 0 Å². The van der Waals surface area contributed by atoms with Crippen molar-refractivity contribution in [3.05, 3.63) is 0 Å². The molecule has 1 heterocycles. The first-order chi connectivity index (χ1) is 5.79. The normalized spacial score (nSPS) is 41.8. The molecule has 1 saturated carbocycles. The largest absolute Gasteiger partial charge is 0.381 e. The predicted molar refractivity (Wildman–Crippen MR) is 50.0 cm³/mol. The van der Waals surface area contributed by atoms with Crippen molar-refractivity contribution in [2.45, 2.75) is 33.1 Å². The molecule has 2 unspecified atom stereocenters. The van der Waals surface area contributed by atoms with Crippen molar-refractivity contribution < 1.29 is 4.74 Å². The van der Waals surface area contributed by atoms with Gasteiger partial charge in [-0.1, -0.05) is 20.3 Å². The summed E-state index contributed by atoms with van der Waals surface area (Å²) in [6.45, 7) is 6.83. The van der Waals surface area contributed by atoms with Crippen LogP contribution in [0, 0.1) is 23.7 Å². The highest BCUT2D eigenvalue weighted by molar-refractivity contribution is 4.86. The first kappa shape index (κ1) is 8.55. The molecule has 2 rings (SSSR count). The van der Waals surface area contributed by atoms with Gasteiger partial charge in [-0.15, -0.1) is 0 Å². The molecule has 1 aliphatic carbocycles. The van der Waals surface area contributed by atoms with Crippen LogP contribution in [-0.4, -0.2) is 13.2 Å². The Bertz CT molecular complexity index is 131. The molecule has 0 aromatic carbocycles. The Morgan fingerprint density at radius 3 is 2.08 bits per heavy atom. The van der Waals surface area contributed by atoms with Gasteiger partial charge in [-0.25, -0.2) is 0 Å². The van der Waals surface area contributed by atoms with E-state index in [0.29, 0.717) is 0 Å². The molecule has 2 fully saturated rings. The van der Waals surface area contributed by atoms with Gasteiger partial charge in [0, 0.05) is 13.2 Å². The van der Waals surface area contributed by atoms with Gasteiger partial charge >= 0.3 is 0 Å². The van der Waals surface area contributed by atoms with E-state index in [9.17, 15) is 0 Å². The first-order valence-electron chi connectivity index (χ1n) is 5.37. The lowest BCUT2D eigenvalue weighted by Gasteiger charge is -2.44. The number of ether oxygens (including phenoxy) is 1. The molecule has 2 aliphatic rings. The van der Waals surface area contributed by atoms with E-state index in [1.807, 2.05) is 0 Å². The first-order valence-corrected chi connectivity index (χ1v) is 5.37. The van der Waals surface area contributed by atoms with Crippen LogP contribution in [0.15, 0.2) is 0 Å². The maximum Gasteiger partial charge on any atom is 0.0497 e. The molecule has 70 valence electrons. The summed E-state index contributed by atoms with van der Waals surface area (Å²) in [6, 6.07) is 0. The zero-order valence-corrected chi connectivity index (χ0v) is 8.25. The van der Waals surface area contributed by atoms with Crippen LogP contribution in [0.1, 0.15) is 33.1 Å². The van der Waals surface area contributed by atoms with Crippen molar-refractivity contribution in [1.29, 1.82) is 0 Å². The minimum absolute atomic E-state index is 0.865. The Hall–Kier alpha value is -0.0400. The average molecular weight is 168 g/mol. The second-order valence-corrected chi connectivity index (χ2v) is 4.81. The third-order valence-electron chi connectivity index (χ3n) is 3.67. The van der Waals surface area contributed by atoms with Gasteiger partial charge in [-0.05, 0) is 36.5 Å². The molecule has 12 heavy (non-hydrogen) atoms. The molecule has 1 saturated heterocycles. The van der Waals surface area contributed by atoms with Crippen LogP contribution in [0.2, 0.25) is 0 Å². The lowest BCUT2D eigenvalue weighted by molar-refractivity contribution is -0.0711. The van der Waals surface area contributed by atoms with E-state index in [1.54, 1.807) is 0 Å². The molecule has 0 N–H and O–H groups in total. The van der Waals surface area contributed by atoms with Gasteiger partial charge in [0.05, 0.1) is 0 Å². The second kappa shape index (κ2) is 3.37. The van der Waals surface area contributed by atoms with E-state index in [4.69, 9.17) is 4.74 Å². The second-order valence-electron chi connectivity index (χ2n) is 4.81. The maximum atomic E-state index is 5.62. The van der Waals surface area contributed by atoms with Crippen LogP contribution in [0.3, 0.4) is 0 Å². The highest BCUT2D eigenvalue weighted by Crippen LogP contribution is 2.42. The van der Waals surface area contributed by atoms with Crippen molar-refractivity contribution in [2.75, 3.05) is 13.2 Å². The Morgan fingerprint density at radius 1 is 1.08 bits per heavy atom. The molecule has 0 aromatic rings. The summed E-state index contributed by atoms with van der Waals surface area (Å²) < 4.78 is 5.62. The van der Waals surface area contributed by atoms with Crippen LogP contribution in [0.5, 0.6) is 0 Å². The lowest BCUT2D eigenvalue weighted by atomic mass is 9.66. The van der Waals surface area contributed by atoms with Crippen LogP contribution >= 0.6 is 0 Å². The molecule has 1 heteroatoms. The van der Waals surface area contributed by atoms with Crippen LogP contribution in [-0.2, 0) is 4.74 Å². The van der Waals surface area contributed by atoms with E-state index >= 15 is 0 Å². The molecule has 0 amide bonds. The zero-order chi connectivity index (χ0) is 8.55. The van der Waals surface area contributed by atoms with E-state index in [2.05, 4.69) is 13.8 Å². The molecular formula is C11H20O. The molecule has 0 aromatic heterocycles. The molecule has 2 atom stereocenters. The van der Waals surface area contributed by atoms with Gasteiger partial charge in [0.2, 0.25) is 0 Å².